The summed E-state index contributed by atoms with van der Waals surface area (Å²) in [6, 6.07) is 16.6. The summed E-state index contributed by atoms with van der Waals surface area (Å²) in [4.78, 5) is 21.1. The second kappa shape index (κ2) is 7.64. The van der Waals surface area contributed by atoms with E-state index in [9.17, 15) is 9.90 Å². The number of para-hydroxylation sites is 1. The summed E-state index contributed by atoms with van der Waals surface area (Å²) in [5.41, 5.74) is 2.33. The fraction of sp³-hybridized carbons (Fsp3) is 0.238. The normalized spacial score (nSPS) is 14.2. The van der Waals surface area contributed by atoms with Crippen molar-refractivity contribution in [2.45, 2.75) is 0 Å². The maximum absolute atomic E-state index is 12.7. The lowest BCUT2D eigenvalue weighted by Crippen LogP contribution is -2.50. The number of rotatable bonds is 3. The van der Waals surface area contributed by atoms with Crippen molar-refractivity contribution in [2.24, 2.45) is 0 Å². The molecular formula is C21H22N4O3. The molecule has 0 unspecified atom stereocenters. The highest BCUT2D eigenvalue weighted by molar-refractivity contribution is 5.94. The molecular weight excluding hydrogens is 356 g/mol. The molecule has 0 saturated carbocycles. The first kappa shape index (κ1) is 17.9. The van der Waals surface area contributed by atoms with Gasteiger partial charge < -0.3 is 25.0 Å². The Balaban J connectivity index is 1.44. The highest BCUT2D eigenvalue weighted by atomic mass is 16.5. The number of ether oxygens (including phenoxy) is 1. The van der Waals surface area contributed by atoms with Gasteiger partial charge in [-0.2, -0.15) is 0 Å². The van der Waals surface area contributed by atoms with Gasteiger partial charge in [0, 0.05) is 43.3 Å². The highest BCUT2D eigenvalue weighted by Gasteiger charge is 2.22. The van der Waals surface area contributed by atoms with Crippen molar-refractivity contribution >= 4 is 28.3 Å². The molecule has 0 spiro atoms. The van der Waals surface area contributed by atoms with Crippen LogP contribution in [0.5, 0.6) is 11.6 Å². The first-order valence-corrected chi connectivity index (χ1v) is 9.18. The summed E-state index contributed by atoms with van der Waals surface area (Å²) >= 11 is 0. The molecule has 1 saturated heterocycles. The number of piperazine rings is 1. The van der Waals surface area contributed by atoms with Gasteiger partial charge in [0.05, 0.1) is 12.6 Å². The SMILES string of the molecule is COc1nc2ccccc2cc1NC(=O)N1CCN(c2cccc(O)c2)CC1. The van der Waals surface area contributed by atoms with E-state index in [4.69, 9.17) is 4.74 Å². The summed E-state index contributed by atoms with van der Waals surface area (Å²) in [5.74, 6) is 0.638. The minimum absolute atomic E-state index is 0.175. The average Bonchev–Trinajstić information content (AvgIpc) is 2.73. The molecule has 144 valence electrons. The van der Waals surface area contributed by atoms with Crippen LogP contribution in [0.15, 0.2) is 54.6 Å². The number of carbonyl (C=O) groups is 1. The molecule has 2 heterocycles. The Kier molecular flexibility index (Phi) is 4.89. The van der Waals surface area contributed by atoms with Gasteiger partial charge in [0.1, 0.15) is 11.4 Å². The number of fused-ring (bicyclic) bond motifs is 1. The Morgan fingerprint density at radius 3 is 2.61 bits per heavy atom. The van der Waals surface area contributed by atoms with Crippen LogP contribution in [0.1, 0.15) is 0 Å². The van der Waals surface area contributed by atoms with Crippen molar-refractivity contribution < 1.29 is 14.6 Å². The lowest BCUT2D eigenvalue weighted by Gasteiger charge is -2.36. The van der Waals surface area contributed by atoms with Gasteiger partial charge in [-0.3, -0.25) is 0 Å². The zero-order valence-electron chi connectivity index (χ0n) is 15.6. The van der Waals surface area contributed by atoms with Crippen molar-refractivity contribution in [3.05, 3.63) is 54.6 Å². The Morgan fingerprint density at radius 1 is 1.07 bits per heavy atom. The van der Waals surface area contributed by atoms with Crippen molar-refractivity contribution in [3.8, 4) is 11.6 Å². The fourth-order valence-electron chi connectivity index (χ4n) is 3.40. The number of methoxy groups -OCH3 is 1. The zero-order valence-corrected chi connectivity index (χ0v) is 15.6. The Hall–Kier alpha value is -3.48. The second-order valence-electron chi connectivity index (χ2n) is 6.66. The lowest BCUT2D eigenvalue weighted by molar-refractivity contribution is 0.208. The van der Waals surface area contributed by atoms with Gasteiger partial charge in [-0.15, -0.1) is 0 Å². The highest BCUT2D eigenvalue weighted by Crippen LogP contribution is 2.27. The van der Waals surface area contributed by atoms with Gasteiger partial charge >= 0.3 is 6.03 Å². The third-order valence-electron chi connectivity index (χ3n) is 4.89. The van der Waals surface area contributed by atoms with Crippen LogP contribution in [0.2, 0.25) is 0 Å². The van der Waals surface area contributed by atoms with Gasteiger partial charge in [-0.05, 0) is 24.3 Å². The molecule has 3 aromatic rings. The van der Waals surface area contributed by atoms with Crippen molar-refractivity contribution in [3.63, 3.8) is 0 Å². The van der Waals surface area contributed by atoms with Crippen LogP contribution in [0, 0.1) is 0 Å². The fourth-order valence-corrected chi connectivity index (χ4v) is 3.40. The smallest absolute Gasteiger partial charge is 0.322 e. The summed E-state index contributed by atoms with van der Waals surface area (Å²) in [7, 11) is 1.54. The topological polar surface area (TPSA) is 77.9 Å². The number of anilines is 2. The molecule has 2 N–H and O–H groups in total. The number of hydrogen-bond acceptors (Lipinski definition) is 5. The number of aromatic hydroxyl groups is 1. The number of hydrogen-bond donors (Lipinski definition) is 2. The van der Waals surface area contributed by atoms with E-state index in [1.165, 1.54) is 0 Å². The standard InChI is InChI=1S/C21H22N4O3/c1-28-20-19(13-15-5-2-3-8-18(15)22-20)23-21(27)25-11-9-24(10-12-25)16-6-4-7-17(26)14-16/h2-8,13-14,26H,9-12H2,1H3,(H,23,27). The summed E-state index contributed by atoms with van der Waals surface area (Å²) < 4.78 is 5.35. The largest absolute Gasteiger partial charge is 0.508 e. The molecule has 0 radical (unpaired) electrons. The van der Waals surface area contributed by atoms with Gasteiger partial charge in [0.25, 0.3) is 0 Å². The minimum atomic E-state index is -0.175. The number of urea groups is 1. The molecule has 1 aromatic heterocycles. The number of carbonyl (C=O) groups excluding carboxylic acids is 1. The Labute approximate surface area is 163 Å². The maximum atomic E-state index is 12.7. The molecule has 1 aliphatic rings. The van der Waals surface area contributed by atoms with Gasteiger partial charge in [-0.25, -0.2) is 9.78 Å². The molecule has 0 aliphatic carbocycles. The lowest BCUT2D eigenvalue weighted by atomic mass is 10.2. The number of nitrogens with zero attached hydrogens (tertiary/aromatic N) is 3. The van der Waals surface area contributed by atoms with Crippen LogP contribution in [-0.4, -0.2) is 54.3 Å². The predicted molar refractivity (Wildman–Crippen MR) is 109 cm³/mol. The van der Waals surface area contributed by atoms with Crippen molar-refractivity contribution in [2.75, 3.05) is 43.5 Å². The number of phenols is 1. The number of amides is 2. The van der Waals surface area contributed by atoms with Gasteiger partial charge in [0.15, 0.2) is 0 Å². The van der Waals surface area contributed by atoms with Crippen molar-refractivity contribution in [1.82, 2.24) is 9.88 Å². The van der Waals surface area contributed by atoms with E-state index in [1.54, 1.807) is 24.1 Å². The van der Waals surface area contributed by atoms with E-state index in [1.807, 2.05) is 42.5 Å². The number of aromatic nitrogens is 1. The number of pyridine rings is 1. The van der Waals surface area contributed by atoms with Crippen LogP contribution in [0.3, 0.4) is 0 Å². The molecule has 1 aliphatic heterocycles. The molecule has 7 heteroatoms. The monoisotopic (exact) mass is 378 g/mol. The van der Waals surface area contributed by atoms with E-state index in [0.717, 1.165) is 16.6 Å². The van der Waals surface area contributed by atoms with Crippen LogP contribution in [-0.2, 0) is 0 Å². The number of benzene rings is 2. The van der Waals surface area contributed by atoms with E-state index < -0.39 is 0 Å². The molecule has 28 heavy (non-hydrogen) atoms. The molecule has 0 bridgehead atoms. The van der Waals surface area contributed by atoms with E-state index in [-0.39, 0.29) is 11.8 Å². The number of phenolic OH excluding ortho intramolecular Hbond substituents is 1. The summed E-state index contributed by atoms with van der Waals surface area (Å²) in [6.45, 7) is 2.57. The van der Waals surface area contributed by atoms with Crippen LogP contribution >= 0.6 is 0 Å². The first-order chi connectivity index (χ1) is 13.6. The zero-order chi connectivity index (χ0) is 19.5. The Bertz CT molecular complexity index is 1000. The number of nitrogens with one attached hydrogen (secondary N) is 1. The molecule has 7 nitrogen and oxygen atoms in total. The summed E-state index contributed by atoms with van der Waals surface area (Å²) in [6.07, 6.45) is 0. The van der Waals surface area contributed by atoms with Crippen LogP contribution in [0.4, 0.5) is 16.2 Å². The minimum Gasteiger partial charge on any atom is -0.508 e. The maximum Gasteiger partial charge on any atom is 0.322 e. The van der Waals surface area contributed by atoms with E-state index in [2.05, 4.69) is 15.2 Å². The first-order valence-electron chi connectivity index (χ1n) is 9.18. The average molecular weight is 378 g/mol. The molecule has 2 aromatic carbocycles. The molecule has 0 atom stereocenters. The van der Waals surface area contributed by atoms with Crippen LogP contribution < -0.4 is 15.0 Å². The van der Waals surface area contributed by atoms with Gasteiger partial charge in [0.2, 0.25) is 5.88 Å². The Morgan fingerprint density at radius 2 is 1.86 bits per heavy atom. The quantitative estimate of drug-likeness (QED) is 0.731. The predicted octanol–water partition coefficient (Wildman–Crippen LogP) is 3.30. The molecule has 4 rings (SSSR count). The third-order valence-corrected chi connectivity index (χ3v) is 4.89. The van der Waals surface area contributed by atoms with Crippen molar-refractivity contribution in [1.29, 1.82) is 0 Å². The van der Waals surface area contributed by atoms with Crippen LogP contribution in [0.25, 0.3) is 10.9 Å². The van der Waals surface area contributed by atoms with E-state index in [0.29, 0.717) is 37.7 Å². The van der Waals surface area contributed by atoms with Gasteiger partial charge in [-0.1, -0.05) is 24.3 Å². The summed E-state index contributed by atoms with van der Waals surface area (Å²) in [5, 5.41) is 13.5. The molecule has 2 amide bonds. The molecule has 1 fully saturated rings. The second-order valence-corrected chi connectivity index (χ2v) is 6.66. The third kappa shape index (κ3) is 3.64. The van der Waals surface area contributed by atoms with E-state index >= 15 is 0 Å².